The lowest BCUT2D eigenvalue weighted by molar-refractivity contribution is 0.437. The Balaban J connectivity index is 3.33. The van der Waals surface area contributed by atoms with E-state index in [2.05, 4.69) is 4.72 Å². The number of hydrogen-bond donors (Lipinski definition) is 2. The molecule has 4 nitrogen and oxygen atoms in total. The molecule has 1 aromatic rings. The lowest BCUT2D eigenvalue weighted by Crippen LogP contribution is -2.43. The van der Waals surface area contributed by atoms with E-state index in [-0.39, 0.29) is 17.1 Å². The van der Waals surface area contributed by atoms with Crippen molar-refractivity contribution in [3.63, 3.8) is 0 Å². The molecular formula is C12H18ClFN2O2S. The van der Waals surface area contributed by atoms with Gasteiger partial charge >= 0.3 is 0 Å². The minimum Gasteiger partial charge on any atom is -0.326 e. The number of rotatable bonds is 5. The maximum Gasteiger partial charge on any atom is 0.244 e. The van der Waals surface area contributed by atoms with Gasteiger partial charge in [0.25, 0.3) is 0 Å². The van der Waals surface area contributed by atoms with E-state index >= 15 is 0 Å². The van der Waals surface area contributed by atoms with Crippen LogP contribution in [-0.2, 0) is 16.6 Å². The number of hydrogen-bond acceptors (Lipinski definition) is 3. The van der Waals surface area contributed by atoms with Crippen LogP contribution < -0.4 is 10.5 Å². The van der Waals surface area contributed by atoms with Crippen molar-refractivity contribution in [3.8, 4) is 0 Å². The minimum absolute atomic E-state index is 0.0715. The Bertz CT molecular complexity index is 573. The summed E-state index contributed by atoms with van der Waals surface area (Å²) in [6.45, 7) is 5.15. The van der Waals surface area contributed by atoms with E-state index in [0.29, 0.717) is 6.42 Å². The molecule has 0 amide bonds. The molecule has 0 aliphatic carbocycles. The number of benzene rings is 1. The van der Waals surface area contributed by atoms with E-state index in [1.807, 2.05) is 6.92 Å². The molecule has 0 bridgehead atoms. The zero-order valence-electron chi connectivity index (χ0n) is 11.1. The van der Waals surface area contributed by atoms with E-state index in [9.17, 15) is 12.8 Å². The number of nitrogens with two attached hydrogens (primary N) is 1. The number of halogens is 2. The zero-order chi connectivity index (χ0) is 14.8. The monoisotopic (exact) mass is 308 g/mol. The first kappa shape index (κ1) is 16.4. The van der Waals surface area contributed by atoms with Gasteiger partial charge in [-0.3, -0.25) is 0 Å². The van der Waals surface area contributed by atoms with Crippen LogP contribution in [0.15, 0.2) is 17.0 Å². The van der Waals surface area contributed by atoms with Crippen molar-refractivity contribution in [1.82, 2.24) is 4.72 Å². The van der Waals surface area contributed by atoms with Crippen LogP contribution in [0.3, 0.4) is 0 Å². The zero-order valence-corrected chi connectivity index (χ0v) is 12.7. The summed E-state index contributed by atoms with van der Waals surface area (Å²) in [5.74, 6) is -0.855. The van der Waals surface area contributed by atoms with Crippen LogP contribution in [0.1, 0.15) is 32.8 Å². The number of sulfonamides is 1. The molecule has 0 heterocycles. The summed E-state index contributed by atoms with van der Waals surface area (Å²) in [4.78, 5) is -0.470. The summed E-state index contributed by atoms with van der Waals surface area (Å²) >= 11 is 5.80. The summed E-state index contributed by atoms with van der Waals surface area (Å²) in [7, 11) is -3.98. The van der Waals surface area contributed by atoms with Gasteiger partial charge in [-0.2, -0.15) is 0 Å². The normalized spacial score (nSPS) is 12.7. The van der Waals surface area contributed by atoms with Gasteiger partial charge in [0.05, 0.1) is 0 Å². The highest BCUT2D eigenvalue weighted by molar-refractivity contribution is 7.89. The van der Waals surface area contributed by atoms with Gasteiger partial charge in [0.2, 0.25) is 10.0 Å². The third-order valence-corrected chi connectivity index (χ3v) is 4.80. The molecule has 0 atom stereocenters. The SMILES string of the molecule is CCC(C)(C)NS(=O)(=O)c1cc(Cl)cc(CN)c1F. The standard InChI is InChI=1S/C12H18ClFN2O2S/c1-4-12(2,3)16-19(17,18)10-6-9(13)5-8(7-15)11(10)14/h5-6,16H,4,7,15H2,1-3H3. The minimum atomic E-state index is -3.98. The average Bonchev–Trinajstić information content (AvgIpc) is 2.30. The van der Waals surface area contributed by atoms with Gasteiger partial charge in [0.1, 0.15) is 10.7 Å². The van der Waals surface area contributed by atoms with E-state index in [4.69, 9.17) is 17.3 Å². The van der Waals surface area contributed by atoms with Gasteiger partial charge < -0.3 is 5.73 Å². The maximum absolute atomic E-state index is 14.1. The fraction of sp³-hybridized carbons (Fsp3) is 0.500. The first-order chi connectivity index (χ1) is 8.63. The van der Waals surface area contributed by atoms with E-state index in [1.165, 1.54) is 6.07 Å². The van der Waals surface area contributed by atoms with Crippen LogP contribution >= 0.6 is 11.6 Å². The smallest absolute Gasteiger partial charge is 0.244 e. The van der Waals surface area contributed by atoms with E-state index in [0.717, 1.165) is 6.07 Å². The Morgan fingerprint density at radius 2 is 2.00 bits per heavy atom. The highest BCUT2D eigenvalue weighted by atomic mass is 35.5. The molecule has 3 N–H and O–H groups in total. The van der Waals surface area contributed by atoms with Gasteiger partial charge in [-0.05, 0) is 32.4 Å². The molecule has 1 rings (SSSR count). The van der Waals surface area contributed by atoms with Gasteiger partial charge in [0, 0.05) is 22.7 Å². The van der Waals surface area contributed by atoms with Gasteiger partial charge in [0.15, 0.2) is 0 Å². The largest absolute Gasteiger partial charge is 0.326 e. The molecule has 108 valence electrons. The summed E-state index contributed by atoms with van der Waals surface area (Å²) in [6, 6.07) is 2.41. The topological polar surface area (TPSA) is 72.2 Å². The molecule has 0 saturated carbocycles. The molecule has 0 unspecified atom stereocenters. The van der Waals surface area contributed by atoms with Crippen LogP contribution in [0.25, 0.3) is 0 Å². The lowest BCUT2D eigenvalue weighted by Gasteiger charge is -2.24. The summed E-state index contributed by atoms with van der Waals surface area (Å²) in [6.07, 6.45) is 0.568. The first-order valence-corrected chi connectivity index (χ1v) is 7.71. The fourth-order valence-corrected chi connectivity index (χ4v) is 3.39. The van der Waals surface area contributed by atoms with Crippen molar-refractivity contribution in [2.24, 2.45) is 5.73 Å². The Labute approximate surface area is 118 Å². The Morgan fingerprint density at radius 1 is 1.42 bits per heavy atom. The lowest BCUT2D eigenvalue weighted by atomic mass is 10.0. The quantitative estimate of drug-likeness (QED) is 0.877. The van der Waals surface area contributed by atoms with Crippen LogP contribution in [0, 0.1) is 5.82 Å². The van der Waals surface area contributed by atoms with Crippen molar-refractivity contribution in [2.45, 2.75) is 44.2 Å². The molecule has 19 heavy (non-hydrogen) atoms. The van der Waals surface area contributed by atoms with Crippen molar-refractivity contribution in [3.05, 3.63) is 28.5 Å². The molecule has 7 heteroatoms. The van der Waals surface area contributed by atoms with E-state index in [1.54, 1.807) is 13.8 Å². The molecule has 0 aliphatic rings. The first-order valence-electron chi connectivity index (χ1n) is 5.85. The molecule has 0 fully saturated rings. The molecular weight excluding hydrogens is 291 g/mol. The van der Waals surface area contributed by atoms with E-state index < -0.39 is 26.3 Å². The summed E-state index contributed by atoms with van der Waals surface area (Å²) < 4.78 is 40.9. The highest BCUT2D eigenvalue weighted by Gasteiger charge is 2.28. The predicted molar refractivity (Wildman–Crippen MR) is 74.0 cm³/mol. The summed E-state index contributed by atoms with van der Waals surface area (Å²) in [5.41, 5.74) is 4.77. The molecule has 0 aromatic heterocycles. The summed E-state index contributed by atoms with van der Waals surface area (Å²) in [5, 5.41) is 0.136. The molecule has 0 radical (unpaired) electrons. The number of nitrogens with one attached hydrogen (secondary N) is 1. The fourth-order valence-electron chi connectivity index (χ4n) is 1.45. The Hall–Kier alpha value is -0.690. The second-order valence-corrected chi connectivity index (χ2v) is 7.01. The molecule has 1 aromatic carbocycles. The second kappa shape index (κ2) is 5.75. The third-order valence-electron chi connectivity index (χ3n) is 2.88. The highest BCUT2D eigenvalue weighted by Crippen LogP contribution is 2.25. The Morgan fingerprint density at radius 3 is 2.47 bits per heavy atom. The van der Waals surface area contributed by atoms with Gasteiger partial charge in [-0.1, -0.05) is 18.5 Å². The second-order valence-electron chi connectivity index (χ2n) is 4.92. The predicted octanol–water partition coefficient (Wildman–Crippen LogP) is 2.40. The van der Waals surface area contributed by atoms with Crippen molar-refractivity contribution < 1.29 is 12.8 Å². The van der Waals surface area contributed by atoms with Crippen molar-refractivity contribution in [1.29, 1.82) is 0 Å². The molecule has 0 spiro atoms. The van der Waals surface area contributed by atoms with Crippen LogP contribution in [0.2, 0.25) is 5.02 Å². The van der Waals surface area contributed by atoms with Crippen molar-refractivity contribution >= 4 is 21.6 Å². The van der Waals surface area contributed by atoms with Gasteiger partial charge in [-0.25, -0.2) is 17.5 Å². The third kappa shape index (κ3) is 3.89. The molecule has 0 aliphatic heterocycles. The van der Waals surface area contributed by atoms with Crippen LogP contribution in [0.5, 0.6) is 0 Å². The maximum atomic E-state index is 14.1. The molecule has 0 saturated heterocycles. The average molecular weight is 309 g/mol. The van der Waals surface area contributed by atoms with Crippen LogP contribution in [-0.4, -0.2) is 14.0 Å². The Kier molecular flexibility index (Phi) is 4.95. The van der Waals surface area contributed by atoms with Crippen LogP contribution in [0.4, 0.5) is 4.39 Å². The van der Waals surface area contributed by atoms with Gasteiger partial charge in [-0.15, -0.1) is 0 Å². The van der Waals surface area contributed by atoms with Crippen molar-refractivity contribution in [2.75, 3.05) is 0 Å².